The number of amidine groups is 1. The maximum atomic E-state index is 12.1. The molecule has 18 heavy (non-hydrogen) atoms. The summed E-state index contributed by atoms with van der Waals surface area (Å²) in [5, 5.41) is 14.7. The molecule has 2 rings (SSSR count). The molecule has 0 spiro atoms. The zero-order valence-corrected chi connectivity index (χ0v) is 10.8. The van der Waals surface area contributed by atoms with Gasteiger partial charge in [0.15, 0.2) is 5.84 Å². The SMILES string of the molecule is NC(=NO)C1(C(=O)NCCC2CCCC2)CCC1. The number of nitrogens with one attached hydrogen (secondary N) is 1. The molecule has 2 fully saturated rings. The van der Waals surface area contributed by atoms with Gasteiger partial charge in [-0.25, -0.2) is 0 Å². The molecule has 0 radical (unpaired) electrons. The third-order valence-electron chi connectivity index (χ3n) is 4.55. The molecule has 0 saturated heterocycles. The van der Waals surface area contributed by atoms with Crippen molar-refractivity contribution in [1.82, 2.24) is 5.32 Å². The van der Waals surface area contributed by atoms with Crippen molar-refractivity contribution in [3.8, 4) is 0 Å². The van der Waals surface area contributed by atoms with E-state index in [-0.39, 0.29) is 11.7 Å². The van der Waals surface area contributed by atoms with Crippen molar-refractivity contribution < 1.29 is 10.0 Å². The van der Waals surface area contributed by atoms with Crippen molar-refractivity contribution in [2.45, 2.75) is 51.4 Å². The Morgan fingerprint density at radius 3 is 2.50 bits per heavy atom. The van der Waals surface area contributed by atoms with Crippen molar-refractivity contribution >= 4 is 11.7 Å². The Morgan fingerprint density at radius 2 is 2.00 bits per heavy atom. The zero-order chi connectivity index (χ0) is 13.0. The van der Waals surface area contributed by atoms with Crippen LogP contribution in [0, 0.1) is 11.3 Å². The Kier molecular flexibility index (Phi) is 4.09. The number of nitrogens with zero attached hydrogens (tertiary/aromatic N) is 1. The Bertz CT molecular complexity index is 331. The van der Waals surface area contributed by atoms with Crippen molar-refractivity contribution in [3.63, 3.8) is 0 Å². The number of nitrogens with two attached hydrogens (primary N) is 1. The van der Waals surface area contributed by atoms with Crippen LogP contribution in [0.5, 0.6) is 0 Å². The summed E-state index contributed by atoms with van der Waals surface area (Å²) in [6, 6.07) is 0. The maximum absolute atomic E-state index is 12.1. The van der Waals surface area contributed by atoms with Gasteiger partial charge in [-0.05, 0) is 25.2 Å². The number of hydrogen-bond acceptors (Lipinski definition) is 3. The maximum Gasteiger partial charge on any atom is 0.233 e. The van der Waals surface area contributed by atoms with E-state index in [9.17, 15) is 4.79 Å². The molecule has 2 aliphatic rings. The monoisotopic (exact) mass is 253 g/mol. The number of carbonyl (C=O) groups excluding carboxylic acids is 1. The quantitative estimate of drug-likeness (QED) is 0.301. The fourth-order valence-corrected chi connectivity index (χ4v) is 3.08. The molecule has 4 N–H and O–H groups in total. The minimum absolute atomic E-state index is 0.0621. The van der Waals surface area contributed by atoms with E-state index in [0.717, 1.165) is 18.8 Å². The van der Waals surface area contributed by atoms with Crippen molar-refractivity contribution in [3.05, 3.63) is 0 Å². The van der Waals surface area contributed by atoms with E-state index in [1.54, 1.807) is 0 Å². The Labute approximate surface area is 108 Å². The van der Waals surface area contributed by atoms with Gasteiger partial charge in [0, 0.05) is 6.54 Å². The second kappa shape index (κ2) is 5.59. The number of hydrogen-bond donors (Lipinski definition) is 3. The third kappa shape index (κ3) is 2.44. The summed E-state index contributed by atoms with van der Waals surface area (Å²) in [4.78, 5) is 12.1. The first-order valence-corrected chi connectivity index (χ1v) is 6.95. The molecule has 0 aromatic carbocycles. The van der Waals surface area contributed by atoms with Crippen molar-refractivity contribution in [2.75, 3.05) is 6.54 Å². The molecule has 0 atom stereocenters. The van der Waals surface area contributed by atoms with E-state index in [0.29, 0.717) is 19.4 Å². The molecule has 2 saturated carbocycles. The average molecular weight is 253 g/mol. The van der Waals surface area contributed by atoms with E-state index < -0.39 is 5.41 Å². The lowest BCUT2D eigenvalue weighted by Gasteiger charge is -2.38. The molecule has 0 unspecified atom stereocenters. The van der Waals surface area contributed by atoms with Gasteiger partial charge in [0.2, 0.25) is 5.91 Å². The molecule has 5 heteroatoms. The van der Waals surface area contributed by atoms with Crippen LogP contribution in [-0.4, -0.2) is 23.5 Å². The van der Waals surface area contributed by atoms with Crippen LogP contribution in [0.15, 0.2) is 5.16 Å². The Hall–Kier alpha value is -1.26. The molecule has 0 aromatic heterocycles. The standard InChI is InChI=1S/C13H23N3O2/c14-11(16-18)13(7-3-8-13)12(17)15-9-6-10-4-1-2-5-10/h10,18H,1-9H2,(H2,14,16)(H,15,17). The lowest BCUT2D eigenvalue weighted by atomic mass is 9.67. The minimum atomic E-state index is -0.732. The highest BCUT2D eigenvalue weighted by Gasteiger charge is 2.48. The second-order valence-corrected chi connectivity index (χ2v) is 5.62. The number of oxime groups is 1. The van der Waals surface area contributed by atoms with Crippen LogP contribution in [0.3, 0.4) is 0 Å². The summed E-state index contributed by atoms with van der Waals surface area (Å²) in [7, 11) is 0. The van der Waals surface area contributed by atoms with E-state index >= 15 is 0 Å². The molecule has 0 bridgehead atoms. The van der Waals surface area contributed by atoms with Gasteiger partial charge in [-0.1, -0.05) is 37.3 Å². The van der Waals surface area contributed by atoms with Gasteiger partial charge in [-0.2, -0.15) is 0 Å². The molecular weight excluding hydrogens is 230 g/mol. The van der Waals surface area contributed by atoms with Gasteiger partial charge in [0.25, 0.3) is 0 Å². The molecule has 2 aliphatic carbocycles. The molecular formula is C13H23N3O2. The van der Waals surface area contributed by atoms with Crippen molar-refractivity contribution in [2.24, 2.45) is 22.2 Å². The highest BCUT2D eigenvalue weighted by atomic mass is 16.4. The van der Waals surface area contributed by atoms with Crippen LogP contribution in [0.2, 0.25) is 0 Å². The van der Waals surface area contributed by atoms with Crippen LogP contribution in [0.4, 0.5) is 0 Å². The van der Waals surface area contributed by atoms with E-state index in [1.165, 1.54) is 25.7 Å². The van der Waals surface area contributed by atoms with E-state index in [4.69, 9.17) is 10.9 Å². The fourth-order valence-electron chi connectivity index (χ4n) is 3.08. The molecule has 0 aliphatic heterocycles. The van der Waals surface area contributed by atoms with Crippen LogP contribution in [-0.2, 0) is 4.79 Å². The normalized spacial score (nSPS) is 23.7. The van der Waals surface area contributed by atoms with Gasteiger partial charge in [0.05, 0.1) is 0 Å². The summed E-state index contributed by atoms with van der Waals surface area (Å²) in [6.45, 7) is 0.712. The van der Waals surface area contributed by atoms with Crippen LogP contribution in [0.1, 0.15) is 51.4 Å². The van der Waals surface area contributed by atoms with Crippen LogP contribution >= 0.6 is 0 Å². The van der Waals surface area contributed by atoms with Crippen molar-refractivity contribution in [1.29, 1.82) is 0 Å². The highest BCUT2D eigenvalue weighted by Crippen LogP contribution is 2.41. The smallest absolute Gasteiger partial charge is 0.233 e. The topological polar surface area (TPSA) is 87.7 Å². The van der Waals surface area contributed by atoms with Gasteiger partial charge in [0.1, 0.15) is 5.41 Å². The molecule has 5 nitrogen and oxygen atoms in total. The summed E-state index contributed by atoms with van der Waals surface area (Å²) >= 11 is 0. The lowest BCUT2D eigenvalue weighted by Crippen LogP contribution is -2.54. The van der Waals surface area contributed by atoms with Gasteiger partial charge < -0.3 is 16.3 Å². The highest BCUT2D eigenvalue weighted by molar-refractivity contribution is 6.07. The fraction of sp³-hybridized carbons (Fsp3) is 0.846. The predicted molar refractivity (Wildman–Crippen MR) is 69.3 cm³/mol. The number of rotatable bonds is 5. The first-order chi connectivity index (χ1) is 8.69. The molecule has 1 amide bonds. The first-order valence-electron chi connectivity index (χ1n) is 6.95. The Morgan fingerprint density at radius 1 is 1.33 bits per heavy atom. The van der Waals surface area contributed by atoms with Crippen LogP contribution < -0.4 is 11.1 Å². The summed E-state index contributed by atoms with van der Waals surface area (Å²) < 4.78 is 0. The largest absolute Gasteiger partial charge is 0.409 e. The van der Waals surface area contributed by atoms with E-state index in [2.05, 4.69) is 10.5 Å². The summed E-state index contributed by atoms with van der Waals surface area (Å²) in [5.74, 6) is 0.764. The predicted octanol–water partition coefficient (Wildman–Crippen LogP) is 1.60. The van der Waals surface area contributed by atoms with Gasteiger partial charge >= 0.3 is 0 Å². The first kappa shape index (κ1) is 13.2. The molecule has 102 valence electrons. The average Bonchev–Trinajstić information content (AvgIpc) is 2.80. The van der Waals surface area contributed by atoms with Crippen LogP contribution in [0.25, 0.3) is 0 Å². The lowest BCUT2D eigenvalue weighted by molar-refractivity contribution is -0.131. The second-order valence-electron chi connectivity index (χ2n) is 5.62. The number of amides is 1. The van der Waals surface area contributed by atoms with Gasteiger partial charge in [-0.3, -0.25) is 4.79 Å². The minimum Gasteiger partial charge on any atom is -0.409 e. The molecule has 0 heterocycles. The van der Waals surface area contributed by atoms with E-state index in [1.807, 2.05) is 0 Å². The zero-order valence-electron chi connectivity index (χ0n) is 10.8. The summed E-state index contributed by atoms with van der Waals surface area (Å²) in [5.41, 5.74) is 4.92. The number of carbonyl (C=O) groups is 1. The molecule has 0 aromatic rings. The third-order valence-corrected chi connectivity index (χ3v) is 4.55. The van der Waals surface area contributed by atoms with Gasteiger partial charge in [-0.15, -0.1) is 0 Å². The summed E-state index contributed by atoms with van der Waals surface area (Å²) in [6.07, 6.45) is 8.64. The Balaban J connectivity index is 1.79.